The fourth-order valence-corrected chi connectivity index (χ4v) is 4.74. The lowest BCUT2D eigenvalue weighted by molar-refractivity contribution is 0.123. The maximum atomic E-state index is 12.5. The highest BCUT2D eigenvalue weighted by atomic mass is 32.1. The molecule has 0 saturated carbocycles. The second kappa shape index (κ2) is 8.63. The SMILES string of the molecule is O=C1OC[C@@H](c2ccccc2)N1C1CCN(C(=S)Nc2ccc3c(c2)OCCO3)CC1. The minimum atomic E-state index is -0.218. The molecule has 5 rings (SSSR count). The quantitative estimate of drug-likeness (QED) is 0.730. The number of likely N-dealkylation sites (tertiary alicyclic amines) is 1. The molecule has 1 amide bonds. The normalized spacial score (nSPS) is 21.0. The molecule has 0 aliphatic carbocycles. The molecule has 1 atom stereocenters. The highest BCUT2D eigenvalue weighted by Gasteiger charge is 2.40. The third kappa shape index (κ3) is 4.12. The third-order valence-electron chi connectivity index (χ3n) is 6.03. The summed E-state index contributed by atoms with van der Waals surface area (Å²) in [5.41, 5.74) is 2.00. The van der Waals surface area contributed by atoms with Crippen molar-refractivity contribution in [2.24, 2.45) is 0 Å². The van der Waals surface area contributed by atoms with Crippen LogP contribution in [0.15, 0.2) is 48.5 Å². The number of hydrogen-bond acceptors (Lipinski definition) is 5. The number of fused-ring (bicyclic) bond motifs is 1. The van der Waals surface area contributed by atoms with E-state index in [0.29, 0.717) is 24.9 Å². The Morgan fingerprint density at radius 1 is 0.968 bits per heavy atom. The number of ether oxygens (including phenoxy) is 3. The van der Waals surface area contributed by atoms with E-state index in [1.54, 1.807) is 0 Å². The van der Waals surface area contributed by atoms with Crippen molar-refractivity contribution in [1.29, 1.82) is 0 Å². The minimum Gasteiger partial charge on any atom is -0.486 e. The van der Waals surface area contributed by atoms with Crippen LogP contribution in [0.5, 0.6) is 11.5 Å². The van der Waals surface area contributed by atoms with Gasteiger partial charge in [-0.25, -0.2) is 4.79 Å². The Kier molecular flexibility index (Phi) is 5.55. The lowest BCUT2D eigenvalue weighted by Crippen LogP contribution is -2.48. The molecule has 2 aromatic rings. The van der Waals surface area contributed by atoms with Gasteiger partial charge in [-0.05, 0) is 42.8 Å². The minimum absolute atomic E-state index is 0.0203. The van der Waals surface area contributed by atoms with E-state index in [1.165, 1.54) is 0 Å². The molecule has 0 unspecified atom stereocenters. The Hall–Kier alpha value is -3.00. The van der Waals surface area contributed by atoms with Gasteiger partial charge in [0.2, 0.25) is 0 Å². The Morgan fingerprint density at radius 2 is 1.71 bits per heavy atom. The summed E-state index contributed by atoms with van der Waals surface area (Å²) in [6.45, 7) is 3.10. The first-order valence-electron chi connectivity index (χ1n) is 10.6. The van der Waals surface area contributed by atoms with Gasteiger partial charge in [-0.2, -0.15) is 0 Å². The summed E-state index contributed by atoms with van der Waals surface area (Å²) < 4.78 is 16.6. The molecule has 0 radical (unpaired) electrons. The van der Waals surface area contributed by atoms with E-state index in [-0.39, 0.29) is 18.2 Å². The topological polar surface area (TPSA) is 63.3 Å². The number of carbonyl (C=O) groups is 1. The number of carbonyl (C=O) groups excluding carboxylic acids is 1. The Balaban J connectivity index is 1.20. The highest BCUT2D eigenvalue weighted by molar-refractivity contribution is 7.80. The summed E-state index contributed by atoms with van der Waals surface area (Å²) >= 11 is 5.64. The molecule has 2 aromatic carbocycles. The summed E-state index contributed by atoms with van der Waals surface area (Å²) in [5.74, 6) is 1.49. The van der Waals surface area contributed by atoms with Crippen LogP contribution in [0.3, 0.4) is 0 Å². The van der Waals surface area contributed by atoms with E-state index >= 15 is 0 Å². The zero-order chi connectivity index (χ0) is 21.2. The molecule has 2 saturated heterocycles. The molecular weight excluding hydrogens is 414 g/mol. The first kappa shape index (κ1) is 19.9. The van der Waals surface area contributed by atoms with Gasteiger partial charge in [0, 0.05) is 30.9 Å². The molecule has 0 aromatic heterocycles. The van der Waals surface area contributed by atoms with Crippen molar-refractivity contribution < 1.29 is 19.0 Å². The number of rotatable bonds is 3. The number of nitrogens with zero attached hydrogens (tertiary/aromatic N) is 2. The smallest absolute Gasteiger partial charge is 0.410 e. The first-order chi connectivity index (χ1) is 15.2. The van der Waals surface area contributed by atoms with Gasteiger partial charge in [-0.3, -0.25) is 4.90 Å². The summed E-state index contributed by atoms with van der Waals surface area (Å²) in [5, 5.41) is 3.99. The van der Waals surface area contributed by atoms with Crippen LogP contribution in [0.25, 0.3) is 0 Å². The zero-order valence-corrected chi connectivity index (χ0v) is 18.0. The molecule has 0 spiro atoms. The first-order valence-corrected chi connectivity index (χ1v) is 11.1. The van der Waals surface area contributed by atoms with Crippen LogP contribution < -0.4 is 14.8 Å². The molecule has 7 nitrogen and oxygen atoms in total. The average Bonchev–Trinajstić information content (AvgIpc) is 3.21. The molecule has 3 aliphatic heterocycles. The number of piperidine rings is 1. The number of amides is 1. The van der Waals surface area contributed by atoms with E-state index in [2.05, 4.69) is 22.3 Å². The Labute approximate surface area is 186 Å². The van der Waals surface area contributed by atoms with Gasteiger partial charge in [-0.1, -0.05) is 30.3 Å². The van der Waals surface area contributed by atoms with Crippen LogP contribution in [-0.2, 0) is 4.74 Å². The molecule has 162 valence electrons. The fraction of sp³-hybridized carbons (Fsp3) is 0.391. The summed E-state index contributed by atoms with van der Waals surface area (Å²) in [6, 6.07) is 16.0. The van der Waals surface area contributed by atoms with Gasteiger partial charge in [-0.15, -0.1) is 0 Å². The third-order valence-corrected chi connectivity index (χ3v) is 6.39. The maximum absolute atomic E-state index is 12.5. The lowest BCUT2D eigenvalue weighted by Gasteiger charge is -2.39. The molecule has 1 N–H and O–H groups in total. The Morgan fingerprint density at radius 3 is 2.48 bits per heavy atom. The van der Waals surface area contributed by atoms with Crippen LogP contribution in [-0.4, -0.2) is 60.0 Å². The number of hydrogen-bond donors (Lipinski definition) is 1. The van der Waals surface area contributed by atoms with Crippen molar-refractivity contribution in [3.05, 3.63) is 54.1 Å². The second-order valence-electron chi connectivity index (χ2n) is 7.92. The van der Waals surface area contributed by atoms with Gasteiger partial charge >= 0.3 is 6.09 Å². The van der Waals surface area contributed by atoms with E-state index in [4.69, 9.17) is 26.4 Å². The molecule has 3 aliphatic rings. The van der Waals surface area contributed by atoms with Crippen molar-refractivity contribution in [1.82, 2.24) is 9.80 Å². The standard InChI is InChI=1S/C23H25N3O4S/c27-23-26(19(15-30-23)16-4-2-1-3-5-16)18-8-10-25(11-9-18)22(31)24-17-6-7-20-21(14-17)29-13-12-28-20/h1-7,14,18-19H,8-13,15H2,(H,24,31)/t19-/m0/s1. The highest BCUT2D eigenvalue weighted by Crippen LogP contribution is 2.34. The molecule has 2 fully saturated rings. The Bertz CT molecular complexity index is 963. The van der Waals surface area contributed by atoms with Crippen LogP contribution in [0, 0.1) is 0 Å². The number of anilines is 1. The van der Waals surface area contributed by atoms with E-state index in [1.807, 2.05) is 41.3 Å². The predicted molar refractivity (Wildman–Crippen MR) is 121 cm³/mol. The number of benzene rings is 2. The number of thiocarbonyl (C=S) groups is 1. The zero-order valence-electron chi connectivity index (χ0n) is 17.2. The molecule has 3 heterocycles. The van der Waals surface area contributed by atoms with Gasteiger partial charge in [0.1, 0.15) is 19.8 Å². The van der Waals surface area contributed by atoms with Crippen molar-refractivity contribution in [3.8, 4) is 11.5 Å². The van der Waals surface area contributed by atoms with Crippen LogP contribution in [0.1, 0.15) is 24.4 Å². The molecular formula is C23H25N3O4S. The van der Waals surface area contributed by atoms with Crippen LogP contribution in [0.4, 0.5) is 10.5 Å². The molecule has 31 heavy (non-hydrogen) atoms. The van der Waals surface area contributed by atoms with Crippen LogP contribution in [0.2, 0.25) is 0 Å². The van der Waals surface area contributed by atoms with E-state index < -0.39 is 0 Å². The van der Waals surface area contributed by atoms with Gasteiger partial charge in [0.25, 0.3) is 0 Å². The maximum Gasteiger partial charge on any atom is 0.410 e. The fourth-order valence-electron chi connectivity index (χ4n) is 4.44. The number of nitrogens with one attached hydrogen (secondary N) is 1. The van der Waals surface area contributed by atoms with Gasteiger partial charge in [0.05, 0.1) is 6.04 Å². The van der Waals surface area contributed by atoms with Crippen molar-refractivity contribution >= 4 is 29.1 Å². The molecule has 8 heteroatoms. The van der Waals surface area contributed by atoms with E-state index in [0.717, 1.165) is 48.7 Å². The predicted octanol–water partition coefficient (Wildman–Crippen LogP) is 3.81. The van der Waals surface area contributed by atoms with E-state index in [9.17, 15) is 4.79 Å². The summed E-state index contributed by atoms with van der Waals surface area (Å²) in [6.07, 6.45) is 1.48. The van der Waals surface area contributed by atoms with Crippen molar-refractivity contribution in [2.45, 2.75) is 24.9 Å². The van der Waals surface area contributed by atoms with Gasteiger partial charge in [0.15, 0.2) is 16.6 Å². The van der Waals surface area contributed by atoms with Gasteiger partial charge < -0.3 is 24.4 Å². The summed E-state index contributed by atoms with van der Waals surface area (Å²) in [7, 11) is 0. The monoisotopic (exact) mass is 439 g/mol. The number of cyclic esters (lactones) is 1. The van der Waals surface area contributed by atoms with Crippen molar-refractivity contribution in [3.63, 3.8) is 0 Å². The summed E-state index contributed by atoms with van der Waals surface area (Å²) in [4.78, 5) is 16.5. The largest absolute Gasteiger partial charge is 0.486 e. The van der Waals surface area contributed by atoms with Crippen LogP contribution >= 0.6 is 12.2 Å². The molecule has 0 bridgehead atoms. The van der Waals surface area contributed by atoms with Crippen molar-refractivity contribution in [2.75, 3.05) is 38.2 Å². The average molecular weight is 440 g/mol. The lowest BCUT2D eigenvalue weighted by atomic mass is 9.99. The second-order valence-corrected chi connectivity index (χ2v) is 8.30.